The molecule has 180 valence electrons. The van der Waals surface area contributed by atoms with Crippen LogP contribution in [0, 0.1) is 13.8 Å². The Morgan fingerprint density at radius 3 is 2.32 bits per heavy atom. The summed E-state index contributed by atoms with van der Waals surface area (Å²) < 4.78 is 0. The van der Waals surface area contributed by atoms with Crippen molar-refractivity contribution in [3.8, 4) is 0 Å². The first-order chi connectivity index (χ1) is 16.2. The van der Waals surface area contributed by atoms with Gasteiger partial charge in [-0.15, -0.1) is 0 Å². The Bertz CT molecular complexity index is 1100. The van der Waals surface area contributed by atoms with Crippen LogP contribution in [0.1, 0.15) is 43.4 Å². The van der Waals surface area contributed by atoms with Gasteiger partial charge in [-0.25, -0.2) is 5.84 Å². The van der Waals surface area contributed by atoms with Crippen molar-refractivity contribution in [3.05, 3.63) is 100.0 Å². The summed E-state index contributed by atoms with van der Waals surface area (Å²) >= 11 is 6.52. The molecule has 2 aliphatic rings. The van der Waals surface area contributed by atoms with Gasteiger partial charge in [0.1, 0.15) is 0 Å². The molecule has 1 heterocycles. The summed E-state index contributed by atoms with van der Waals surface area (Å²) in [4.78, 5) is 4.93. The predicted octanol–water partition coefficient (Wildman–Crippen LogP) is 6.35. The maximum atomic E-state index is 6.80. The Kier molecular flexibility index (Phi) is 7.39. The van der Waals surface area contributed by atoms with Crippen LogP contribution in [0.15, 0.2) is 78.3 Å². The van der Waals surface area contributed by atoms with Crippen molar-refractivity contribution in [3.63, 3.8) is 0 Å². The lowest BCUT2D eigenvalue weighted by Gasteiger charge is -2.36. The molecule has 34 heavy (non-hydrogen) atoms. The van der Waals surface area contributed by atoms with Gasteiger partial charge in [0.25, 0.3) is 0 Å². The summed E-state index contributed by atoms with van der Waals surface area (Å²) in [6, 6.07) is 15.4. The summed E-state index contributed by atoms with van der Waals surface area (Å²) in [5, 5.41) is 2.65. The molecule has 0 bridgehead atoms. The van der Waals surface area contributed by atoms with Crippen LogP contribution in [0.3, 0.4) is 0 Å². The molecule has 1 aliphatic carbocycles. The number of hydrogen-bond donors (Lipinski definition) is 1. The first-order valence-corrected chi connectivity index (χ1v) is 12.6. The zero-order valence-corrected chi connectivity index (χ0v) is 21.6. The molecule has 1 unspecified atom stereocenters. The number of nitrogens with zero attached hydrogens (tertiary/aromatic N) is 3. The summed E-state index contributed by atoms with van der Waals surface area (Å²) in [5.74, 6) is 6.80. The number of allylic oxidation sites excluding steroid dienone is 3. The first-order valence-electron chi connectivity index (χ1n) is 12.2. The van der Waals surface area contributed by atoms with Gasteiger partial charge in [0.2, 0.25) is 0 Å². The van der Waals surface area contributed by atoms with Gasteiger partial charge in [0, 0.05) is 42.0 Å². The van der Waals surface area contributed by atoms with Gasteiger partial charge >= 0.3 is 0 Å². The Labute approximate surface area is 210 Å². The topological polar surface area (TPSA) is 35.7 Å². The maximum Gasteiger partial charge on any atom is 0.0802 e. The Morgan fingerprint density at radius 1 is 1.03 bits per heavy atom. The van der Waals surface area contributed by atoms with Crippen molar-refractivity contribution < 1.29 is 0 Å². The molecule has 4 rings (SSSR count). The summed E-state index contributed by atoms with van der Waals surface area (Å²) in [6.07, 6.45) is 7.53. The zero-order chi connectivity index (χ0) is 24.4. The number of benzene rings is 2. The van der Waals surface area contributed by atoms with Gasteiger partial charge in [0.05, 0.1) is 17.4 Å². The molecule has 2 N–H and O–H groups in total. The third-order valence-electron chi connectivity index (χ3n) is 6.84. The van der Waals surface area contributed by atoms with Crippen molar-refractivity contribution in [2.75, 3.05) is 18.0 Å². The third-order valence-corrected chi connectivity index (χ3v) is 7.19. The smallest absolute Gasteiger partial charge is 0.0802 e. The van der Waals surface area contributed by atoms with Crippen LogP contribution in [-0.2, 0) is 6.42 Å². The predicted molar refractivity (Wildman–Crippen MR) is 145 cm³/mol. The van der Waals surface area contributed by atoms with Gasteiger partial charge in [-0.2, -0.15) is 0 Å². The summed E-state index contributed by atoms with van der Waals surface area (Å²) in [6.45, 7) is 14.7. The lowest BCUT2D eigenvalue weighted by molar-refractivity contribution is 0.185. The number of halogens is 1. The number of fused-ring (bicyclic) bond motifs is 1. The molecule has 0 saturated carbocycles. The minimum atomic E-state index is 0.0628. The lowest BCUT2D eigenvalue weighted by Crippen LogP contribution is -2.50. The van der Waals surface area contributed by atoms with Crippen LogP contribution < -0.4 is 10.7 Å². The van der Waals surface area contributed by atoms with E-state index in [2.05, 4.69) is 85.7 Å². The Morgan fingerprint density at radius 2 is 1.68 bits per heavy atom. The highest BCUT2D eigenvalue weighted by Crippen LogP contribution is 2.35. The van der Waals surface area contributed by atoms with Crippen molar-refractivity contribution in [1.82, 2.24) is 9.91 Å². The first kappa shape index (κ1) is 24.4. The molecule has 2 aromatic carbocycles. The number of anilines is 1. The third kappa shape index (κ3) is 5.18. The Balaban J connectivity index is 1.66. The van der Waals surface area contributed by atoms with E-state index in [0.29, 0.717) is 12.5 Å². The van der Waals surface area contributed by atoms with Crippen molar-refractivity contribution in [1.29, 1.82) is 0 Å². The number of aryl methyl sites for hydroxylation is 2. The molecule has 1 saturated heterocycles. The molecule has 1 fully saturated rings. The fourth-order valence-electron chi connectivity index (χ4n) is 4.85. The molecule has 5 heteroatoms. The van der Waals surface area contributed by atoms with Gasteiger partial charge in [-0.1, -0.05) is 60.2 Å². The highest BCUT2D eigenvalue weighted by atomic mass is 35.5. The summed E-state index contributed by atoms with van der Waals surface area (Å²) in [5.41, 5.74) is 8.12. The quantitative estimate of drug-likeness (QED) is 0.389. The van der Waals surface area contributed by atoms with Gasteiger partial charge in [-0.05, 0) is 69.9 Å². The molecule has 0 aromatic heterocycles. The van der Waals surface area contributed by atoms with Crippen LogP contribution in [0.25, 0.3) is 0 Å². The normalized spacial score (nSPS) is 18.3. The molecule has 2 aromatic rings. The van der Waals surface area contributed by atoms with Crippen LogP contribution >= 0.6 is 11.6 Å². The second-order valence-corrected chi connectivity index (χ2v) is 10.3. The van der Waals surface area contributed by atoms with E-state index >= 15 is 0 Å². The van der Waals surface area contributed by atoms with Crippen LogP contribution in [0.5, 0.6) is 0 Å². The number of nitrogens with two attached hydrogens (primary N) is 1. The minimum absolute atomic E-state index is 0.0628. The van der Waals surface area contributed by atoms with Crippen molar-refractivity contribution >= 4 is 17.3 Å². The second-order valence-electron chi connectivity index (χ2n) is 9.85. The van der Waals surface area contributed by atoms with E-state index in [1.165, 1.54) is 22.6 Å². The zero-order valence-electron chi connectivity index (χ0n) is 20.9. The highest BCUT2D eigenvalue weighted by Gasteiger charge is 2.34. The fourth-order valence-corrected chi connectivity index (χ4v) is 5.16. The largest absolute Gasteiger partial charge is 0.365 e. The number of hydrogen-bond acceptors (Lipinski definition) is 4. The molecular weight excluding hydrogens is 440 g/mol. The Hall–Kier alpha value is -2.69. The highest BCUT2D eigenvalue weighted by molar-refractivity contribution is 6.31. The lowest BCUT2D eigenvalue weighted by atomic mass is 10.1. The van der Waals surface area contributed by atoms with Gasteiger partial charge in [-0.3, -0.25) is 0 Å². The fraction of sp³-hybridized carbons (Fsp3) is 0.379. The minimum Gasteiger partial charge on any atom is -0.365 e. The van der Waals surface area contributed by atoms with Crippen molar-refractivity contribution in [2.24, 2.45) is 5.84 Å². The van der Waals surface area contributed by atoms with Crippen molar-refractivity contribution in [2.45, 2.75) is 59.0 Å². The van der Waals surface area contributed by atoms with Crippen LogP contribution in [-0.4, -0.2) is 35.1 Å². The summed E-state index contributed by atoms with van der Waals surface area (Å²) in [7, 11) is 0. The second kappa shape index (κ2) is 10.3. The van der Waals surface area contributed by atoms with E-state index in [-0.39, 0.29) is 6.04 Å². The van der Waals surface area contributed by atoms with E-state index in [1.807, 2.05) is 18.0 Å². The SMILES string of the molecule is C=C(Cc1ccc(C)cc1Cl)N(N)C1CN(c2ccc(C)cc2)C2=CCCC=C2N(C(C)C)C1. The molecule has 1 aliphatic heterocycles. The van der Waals surface area contributed by atoms with Gasteiger partial charge < -0.3 is 14.8 Å². The molecule has 4 nitrogen and oxygen atoms in total. The van der Waals surface area contributed by atoms with E-state index in [0.717, 1.165) is 47.8 Å². The van der Waals surface area contributed by atoms with E-state index in [4.69, 9.17) is 17.4 Å². The van der Waals surface area contributed by atoms with Crippen LogP contribution in [0.4, 0.5) is 5.69 Å². The van der Waals surface area contributed by atoms with Gasteiger partial charge in [0.15, 0.2) is 0 Å². The molecule has 0 spiro atoms. The average Bonchev–Trinajstić information content (AvgIpc) is 2.98. The molecule has 1 atom stereocenters. The van der Waals surface area contributed by atoms with E-state index in [9.17, 15) is 0 Å². The van der Waals surface area contributed by atoms with Crippen LogP contribution in [0.2, 0.25) is 5.02 Å². The monoisotopic (exact) mass is 476 g/mol. The molecule has 0 radical (unpaired) electrons. The average molecular weight is 477 g/mol. The van der Waals surface area contributed by atoms with E-state index < -0.39 is 0 Å². The van der Waals surface area contributed by atoms with E-state index in [1.54, 1.807) is 0 Å². The maximum absolute atomic E-state index is 6.80. The number of hydrazine groups is 1. The standard InChI is InChI=1S/C29H37ClN4/c1-20(2)32-18-26(34(31)23(5)17-24-13-10-22(4)16-27(24)30)19-33(25-14-11-21(3)12-15-25)29-9-7-6-8-28(29)32/h8-16,20,26H,5-7,17-19,31H2,1-4H3. The number of rotatable bonds is 6. The molecular formula is C29H37ClN4. The molecule has 0 amide bonds.